The van der Waals surface area contributed by atoms with Gasteiger partial charge in [-0.25, -0.2) is 13.9 Å². The molecule has 22 heavy (non-hydrogen) atoms. The van der Waals surface area contributed by atoms with Crippen molar-refractivity contribution in [3.8, 4) is 0 Å². The van der Waals surface area contributed by atoms with E-state index >= 15 is 0 Å². The van der Waals surface area contributed by atoms with Crippen LogP contribution in [-0.2, 0) is 16.1 Å². The number of amidine groups is 1. The molecule has 1 aromatic heterocycles. The van der Waals surface area contributed by atoms with Crippen molar-refractivity contribution in [3.05, 3.63) is 11.9 Å². The lowest BCUT2D eigenvalue weighted by molar-refractivity contribution is -0.677. The topological polar surface area (TPSA) is 105 Å². The van der Waals surface area contributed by atoms with E-state index in [0.717, 1.165) is 10.6 Å². The highest BCUT2D eigenvalue weighted by Gasteiger charge is 2.53. The van der Waals surface area contributed by atoms with E-state index in [1.54, 1.807) is 4.57 Å². The first kappa shape index (κ1) is 14.2. The molecule has 1 saturated heterocycles. The van der Waals surface area contributed by atoms with Crippen molar-refractivity contribution in [1.82, 2.24) is 14.4 Å². The summed E-state index contributed by atoms with van der Waals surface area (Å²) < 4.78 is 3.68. The molecule has 1 aromatic rings. The Labute approximate surface area is 126 Å². The predicted octanol–water partition coefficient (Wildman–Crippen LogP) is -0.932. The van der Waals surface area contributed by atoms with Gasteiger partial charge >= 0.3 is 12.0 Å². The Hall–Kier alpha value is -2.71. The molecule has 3 rings (SSSR count). The smallest absolute Gasteiger partial charge is 0.368 e. The van der Waals surface area contributed by atoms with Crippen LogP contribution in [0, 0.1) is 6.92 Å². The number of imidazole rings is 1. The zero-order valence-corrected chi connectivity index (χ0v) is 12.6. The summed E-state index contributed by atoms with van der Waals surface area (Å²) in [6.45, 7) is 4.17. The molecule has 2 aliphatic rings. The molecule has 0 bridgehead atoms. The minimum Gasteiger partial charge on any atom is -0.368 e. The van der Waals surface area contributed by atoms with Crippen LogP contribution in [0.3, 0.4) is 0 Å². The van der Waals surface area contributed by atoms with Crippen LogP contribution in [0.25, 0.3) is 0 Å². The number of nitrogens with zero attached hydrogens (tertiary/aromatic N) is 5. The van der Waals surface area contributed by atoms with E-state index in [2.05, 4.69) is 4.99 Å². The molecule has 0 spiro atoms. The Morgan fingerprint density at radius 1 is 1.45 bits per heavy atom. The van der Waals surface area contributed by atoms with Crippen molar-refractivity contribution >= 4 is 29.6 Å². The summed E-state index contributed by atoms with van der Waals surface area (Å²) in [6.07, 6.45) is 1.82. The number of imide groups is 1. The molecular formula is C13H17N6O3+. The lowest BCUT2D eigenvalue weighted by Gasteiger charge is -2.32. The van der Waals surface area contributed by atoms with E-state index in [1.165, 1.54) is 11.9 Å². The average molecular weight is 305 g/mol. The molecule has 2 N–H and O–H groups in total. The first-order valence-electron chi connectivity index (χ1n) is 6.94. The third kappa shape index (κ3) is 1.74. The van der Waals surface area contributed by atoms with Crippen molar-refractivity contribution in [2.75, 3.05) is 13.6 Å². The maximum atomic E-state index is 12.6. The number of fused-ring (bicyclic) bond motifs is 3. The Balaban J connectivity index is 2.10. The summed E-state index contributed by atoms with van der Waals surface area (Å²) >= 11 is 0. The van der Waals surface area contributed by atoms with Crippen LogP contribution in [0.2, 0.25) is 0 Å². The van der Waals surface area contributed by atoms with Crippen LogP contribution in [-0.4, -0.2) is 51.6 Å². The van der Waals surface area contributed by atoms with Gasteiger partial charge in [-0.05, 0) is 13.8 Å². The van der Waals surface area contributed by atoms with Crippen molar-refractivity contribution in [2.24, 2.45) is 10.7 Å². The maximum Gasteiger partial charge on any atom is 0.401 e. The van der Waals surface area contributed by atoms with Crippen molar-refractivity contribution in [2.45, 2.75) is 26.4 Å². The number of rotatable bonds is 3. The fourth-order valence-electron chi connectivity index (χ4n) is 2.92. The van der Waals surface area contributed by atoms with Crippen LogP contribution >= 0.6 is 0 Å². The van der Waals surface area contributed by atoms with Gasteiger partial charge in [0.05, 0.1) is 6.54 Å². The number of urea groups is 1. The van der Waals surface area contributed by atoms with E-state index in [0.29, 0.717) is 18.3 Å². The molecule has 0 aromatic carbocycles. The number of hydrogen-bond acceptors (Lipinski definition) is 4. The van der Waals surface area contributed by atoms with Gasteiger partial charge in [0.15, 0.2) is 0 Å². The quantitative estimate of drug-likeness (QED) is 0.729. The molecule has 0 aliphatic carbocycles. The van der Waals surface area contributed by atoms with Crippen LogP contribution in [0.5, 0.6) is 0 Å². The Morgan fingerprint density at radius 2 is 2.14 bits per heavy atom. The first-order valence-corrected chi connectivity index (χ1v) is 6.94. The lowest BCUT2D eigenvalue weighted by atomic mass is 10.1. The Bertz CT molecular complexity index is 734. The molecule has 2 aliphatic heterocycles. The highest BCUT2D eigenvalue weighted by atomic mass is 16.2. The van der Waals surface area contributed by atoms with E-state index in [1.807, 2.05) is 24.6 Å². The van der Waals surface area contributed by atoms with Gasteiger partial charge in [0.2, 0.25) is 17.8 Å². The minimum absolute atomic E-state index is 0.368. The van der Waals surface area contributed by atoms with Crippen molar-refractivity contribution < 1.29 is 19.0 Å². The Kier molecular flexibility index (Phi) is 3.01. The van der Waals surface area contributed by atoms with Gasteiger partial charge in [0.1, 0.15) is 18.4 Å². The van der Waals surface area contributed by atoms with Gasteiger partial charge in [-0.1, -0.05) is 4.99 Å². The van der Waals surface area contributed by atoms with Crippen LogP contribution < -0.4 is 10.3 Å². The number of carbonyl (C=O) groups excluding carboxylic acids is 3. The van der Waals surface area contributed by atoms with Gasteiger partial charge in [0.25, 0.3) is 5.91 Å². The largest absolute Gasteiger partial charge is 0.401 e. The highest BCUT2D eigenvalue weighted by molar-refractivity contribution is 6.19. The standard InChI is InChI=1S/C13H16N6O3/c1-4-17-7(2)5-18-9-10(15-12(17)18)16(3)13(22)19(11(9)21)6-8(14)20/h5,9H,4,6H2,1-3H3,(H-,14,20)/p+1. The molecule has 9 nitrogen and oxygen atoms in total. The number of hydrogen-bond donors (Lipinski definition) is 1. The van der Waals surface area contributed by atoms with Crippen molar-refractivity contribution in [3.63, 3.8) is 0 Å². The maximum absolute atomic E-state index is 12.6. The summed E-state index contributed by atoms with van der Waals surface area (Å²) in [4.78, 5) is 42.6. The molecule has 116 valence electrons. The Morgan fingerprint density at radius 3 is 2.73 bits per heavy atom. The number of amides is 4. The molecular weight excluding hydrogens is 288 g/mol. The summed E-state index contributed by atoms with van der Waals surface area (Å²) in [5, 5.41) is 0. The van der Waals surface area contributed by atoms with Gasteiger partial charge in [-0.15, -0.1) is 0 Å². The second-order valence-electron chi connectivity index (χ2n) is 5.33. The predicted molar refractivity (Wildman–Crippen MR) is 75.2 cm³/mol. The number of aromatic nitrogens is 2. The highest BCUT2D eigenvalue weighted by Crippen LogP contribution is 2.28. The molecule has 9 heteroatoms. The van der Waals surface area contributed by atoms with Crippen LogP contribution in [0.4, 0.5) is 10.7 Å². The fourth-order valence-corrected chi connectivity index (χ4v) is 2.92. The van der Waals surface area contributed by atoms with E-state index in [-0.39, 0.29) is 0 Å². The number of aliphatic imine (C=N–C) groups is 1. The molecule has 1 fully saturated rings. The van der Waals surface area contributed by atoms with E-state index in [4.69, 9.17) is 5.73 Å². The number of nitrogens with two attached hydrogens (primary N) is 1. The van der Waals surface area contributed by atoms with Crippen molar-refractivity contribution in [1.29, 1.82) is 0 Å². The summed E-state index contributed by atoms with van der Waals surface area (Å²) in [7, 11) is 1.53. The van der Waals surface area contributed by atoms with Gasteiger partial charge in [-0.3, -0.25) is 19.4 Å². The summed E-state index contributed by atoms with van der Waals surface area (Å²) in [5.41, 5.74) is 6.10. The number of aryl methyl sites for hydroxylation is 1. The summed E-state index contributed by atoms with van der Waals surface area (Å²) in [5.74, 6) is -0.236. The zero-order valence-electron chi connectivity index (χ0n) is 12.6. The third-order valence-electron chi connectivity index (χ3n) is 3.95. The summed E-state index contributed by atoms with van der Waals surface area (Å²) in [6, 6.07) is -1.33. The third-order valence-corrected chi connectivity index (χ3v) is 3.95. The SMILES string of the molecule is CCn1c(C)c[n+]2c1N=C1C2C(=O)N(CC(N)=O)C(=O)N1C. The van der Waals surface area contributed by atoms with Crippen LogP contribution in [0.15, 0.2) is 11.2 Å². The lowest BCUT2D eigenvalue weighted by Crippen LogP contribution is -2.63. The fraction of sp³-hybridized carbons (Fsp3) is 0.462. The monoisotopic (exact) mass is 305 g/mol. The number of carbonyl (C=O) groups is 3. The van der Waals surface area contributed by atoms with Gasteiger partial charge < -0.3 is 5.73 Å². The van der Waals surface area contributed by atoms with Crippen LogP contribution in [0.1, 0.15) is 18.7 Å². The van der Waals surface area contributed by atoms with Gasteiger partial charge in [-0.2, -0.15) is 0 Å². The molecule has 1 unspecified atom stereocenters. The molecule has 1 atom stereocenters. The minimum atomic E-state index is -0.735. The van der Waals surface area contributed by atoms with E-state index in [9.17, 15) is 14.4 Å². The first-order chi connectivity index (χ1) is 10.4. The zero-order chi connectivity index (χ0) is 16.2. The second kappa shape index (κ2) is 4.65. The average Bonchev–Trinajstić information content (AvgIpc) is 2.95. The van der Waals surface area contributed by atoms with Gasteiger partial charge in [0, 0.05) is 7.05 Å². The molecule has 0 saturated carbocycles. The number of primary amides is 1. The second-order valence-corrected chi connectivity index (χ2v) is 5.33. The van der Waals surface area contributed by atoms with E-state index < -0.39 is 30.4 Å². The molecule has 4 amide bonds. The normalized spacial score (nSPS) is 20.1. The molecule has 0 radical (unpaired) electrons. The number of likely N-dealkylation sites (N-methyl/N-ethyl adjacent to an activating group) is 1. The molecule has 3 heterocycles.